The van der Waals surface area contributed by atoms with Crippen molar-refractivity contribution in [1.82, 2.24) is 4.98 Å². The third-order valence-corrected chi connectivity index (χ3v) is 6.21. The highest BCUT2D eigenvalue weighted by Gasteiger charge is 2.36. The zero-order chi connectivity index (χ0) is 20.0. The number of ether oxygens (including phenoxy) is 1. The van der Waals surface area contributed by atoms with E-state index in [1.165, 1.54) is 11.3 Å². The van der Waals surface area contributed by atoms with E-state index in [-0.39, 0.29) is 17.9 Å². The molecule has 3 aromatic rings. The molecule has 0 spiro atoms. The summed E-state index contributed by atoms with van der Waals surface area (Å²) in [6.45, 7) is 3.40. The molecule has 0 aliphatic carbocycles. The lowest BCUT2D eigenvalue weighted by Crippen LogP contribution is -2.43. The van der Waals surface area contributed by atoms with Gasteiger partial charge in [0.05, 0.1) is 28.2 Å². The van der Waals surface area contributed by atoms with Crippen molar-refractivity contribution >= 4 is 49.9 Å². The number of hydrogen-bond donors (Lipinski definition) is 2. The van der Waals surface area contributed by atoms with Gasteiger partial charge in [-0.2, -0.15) is 0 Å². The molecule has 2 amide bonds. The van der Waals surface area contributed by atoms with Gasteiger partial charge in [0.1, 0.15) is 11.8 Å². The van der Waals surface area contributed by atoms with E-state index in [0.29, 0.717) is 23.0 Å². The zero-order valence-corrected chi connectivity index (χ0v) is 16.7. The molecule has 7 nitrogen and oxygen atoms in total. The van der Waals surface area contributed by atoms with Crippen LogP contribution in [0.15, 0.2) is 36.4 Å². The van der Waals surface area contributed by atoms with E-state index in [0.717, 1.165) is 41.0 Å². The summed E-state index contributed by atoms with van der Waals surface area (Å²) < 4.78 is 6.47. The Morgan fingerprint density at radius 1 is 1.34 bits per heavy atom. The summed E-state index contributed by atoms with van der Waals surface area (Å²) in [5.74, 6) is 0.533. The van der Waals surface area contributed by atoms with Crippen molar-refractivity contribution in [2.45, 2.75) is 25.8 Å². The van der Waals surface area contributed by atoms with E-state index >= 15 is 0 Å². The molecule has 148 valence electrons. The molecule has 0 radical (unpaired) electrons. The van der Waals surface area contributed by atoms with Crippen LogP contribution in [-0.2, 0) is 4.79 Å². The molecular weight excluding hydrogens is 388 g/mol. The first-order valence-corrected chi connectivity index (χ1v) is 10.5. The van der Waals surface area contributed by atoms with Gasteiger partial charge in [-0.3, -0.25) is 14.9 Å². The van der Waals surface area contributed by atoms with Gasteiger partial charge in [-0.25, -0.2) is 4.98 Å². The highest BCUT2D eigenvalue weighted by molar-refractivity contribution is 7.22. The van der Waals surface area contributed by atoms with Crippen molar-refractivity contribution in [3.63, 3.8) is 0 Å². The smallest absolute Gasteiger partial charge is 0.257 e. The van der Waals surface area contributed by atoms with E-state index < -0.39 is 0 Å². The Balaban J connectivity index is 1.38. The normalized spacial score (nSPS) is 17.6. The summed E-state index contributed by atoms with van der Waals surface area (Å²) >= 11 is 1.40. The van der Waals surface area contributed by atoms with Crippen LogP contribution in [0.2, 0.25) is 0 Å². The fraction of sp³-hybridized carbons (Fsp3) is 0.286. The molecule has 1 aromatic heterocycles. The number of thiazole rings is 1. The second-order valence-electron chi connectivity index (χ2n) is 7.11. The van der Waals surface area contributed by atoms with Crippen LogP contribution in [0.4, 0.5) is 16.5 Å². The molecule has 1 atom stereocenters. The van der Waals surface area contributed by atoms with Gasteiger partial charge in [0.25, 0.3) is 5.91 Å². The van der Waals surface area contributed by atoms with Crippen molar-refractivity contribution < 1.29 is 14.3 Å². The maximum absolute atomic E-state index is 12.8. The van der Waals surface area contributed by atoms with E-state index in [1.54, 1.807) is 12.1 Å². The molecular formula is C21H20N4O3S. The highest BCUT2D eigenvalue weighted by Crippen LogP contribution is 2.37. The Morgan fingerprint density at radius 3 is 3.10 bits per heavy atom. The van der Waals surface area contributed by atoms with Gasteiger partial charge in [-0.05, 0) is 56.2 Å². The van der Waals surface area contributed by atoms with Gasteiger partial charge in [0.15, 0.2) is 5.13 Å². The predicted octanol–water partition coefficient (Wildman–Crippen LogP) is 3.87. The van der Waals surface area contributed by atoms with Crippen LogP contribution >= 0.6 is 11.3 Å². The minimum atomic E-state index is -0.255. The molecule has 1 fully saturated rings. The van der Waals surface area contributed by atoms with Crippen molar-refractivity contribution in [1.29, 1.82) is 0 Å². The van der Waals surface area contributed by atoms with Crippen LogP contribution in [0.3, 0.4) is 0 Å². The molecule has 0 unspecified atom stereocenters. The van der Waals surface area contributed by atoms with Crippen molar-refractivity contribution in [3.05, 3.63) is 42.0 Å². The topological polar surface area (TPSA) is 83.6 Å². The van der Waals surface area contributed by atoms with Gasteiger partial charge >= 0.3 is 0 Å². The van der Waals surface area contributed by atoms with E-state index in [2.05, 4.69) is 20.5 Å². The van der Waals surface area contributed by atoms with Crippen LogP contribution in [-0.4, -0.2) is 36.0 Å². The number of nitrogens with one attached hydrogen (secondary N) is 2. The fourth-order valence-corrected chi connectivity index (χ4v) is 4.85. The number of aromatic nitrogens is 1. The first-order chi connectivity index (χ1) is 14.1. The minimum absolute atomic E-state index is 0.00355. The Labute approximate surface area is 171 Å². The average molecular weight is 408 g/mol. The monoisotopic (exact) mass is 408 g/mol. The number of amides is 2. The van der Waals surface area contributed by atoms with Crippen molar-refractivity contribution in [2.75, 3.05) is 28.7 Å². The lowest BCUT2D eigenvalue weighted by molar-refractivity contribution is -0.117. The number of benzene rings is 2. The minimum Gasteiger partial charge on any atom is -0.494 e. The van der Waals surface area contributed by atoms with E-state index in [4.69, 9.17) is 4.74 Å². The van der Waals surface area contributed by atoms with Crippen LogP contribution in [0.5, 0.6) is 5.75 Å². The second kappa shape index (κ2) is 7.04. The average Bonchev–Trinajstić information content (AvgIpc) is 3.34. The number of anilines is 3. The van der Waals surface area contributed by atoms with Gasteiger partial charge in [0, 0.05) is 12.1 Å². The summed E-state index contributed by atoms with van der Waals surface area (Å²) in [5, 5.41) is 6.34. The van der Waals surface area contributed by atoms with Gasteiger partial charge in [-0.15, -0.1) is 0 Å². The molecule has 5 rings (SSSR count). The first-order valence-electron chi connectivity index (χ1n) is 9.68. The van der Waals surface area contributed by atoms with E-state index in [1.807, 2.05) is 31.2 Å². The Morgan fingerprint density at radius 2 is 2.24 bits per heavy atom. The molecule has 0 saturated carbocycles. The number of fused-ring (bicyclic) bond motifs is 4. The maximum atomic E-state index is 12.8. The fourth-order valence-electron chi connectivity index (χ4n) is 3.96. The number of carbonyl (C=O) groups is 2. The molecule has 2 N–H and O–H groups in total. The highest BCUT2D eigenvalue weighted by atomic mass is 32.1. The number of hydrogen-bond acceptors (Lipinski definition) is 6. The first kappa shape index (κ1) is 17.9. The standard InChI is InChI=1S/C21H20N4O3S/c1-2-28-13-6-7-14-18(11-13)29-21(23-14)24-19(26)12-5-8-16-15(10-12)22-20(27)17-4-3-9-25(16)17/h5-8,10-11,17H,2-4,9H2,1H3,(H,22,27)(H,23,24,26)/t17-/m1/s1. The van der Waals surface area contributed by atoms with Gasteiger partial charge < -0.3 is 15.0 Å². The number of rotatable bonds is 4. The molecule has 29 heavy (non-hydrogen) atoms. The second-order valence-corrected chi connectivity index (χ2v) is 8.14. The number of carbonyl (C=O) groups excluding carboxylic acids is 2. The molecule has 2 aliphatic rings. The summed E-state index contributed by atoms with van der Waals surface area (Å²) in [4.78, 5) is 31.7. The maximum Gasteiger partial charge on any atom is 0.257 e. The lowest BCUT2D eigenvalue weighted by Gasteiger charge is -2.33. The SMILES string of the molecule is CCOc1ccc2nc(NC(=O)c3ccc4c(c3)NC(=O)[C@H]3CCCN43)sc2c1. The molecule has 3 heterocycles. The van der Waals surface area contributed by atoms with Crippen LogP contribution in [0, 0.1) is 0 Å². The Kier molecular flexibility index (Phi) is 4.35. The molecule has 0 bridgehead atoms. The molecule has 1 saturated heterocycles. The van der Waals surface area contributed by atoms with Crippen molar-refractivity contribution in [2.24, 2.45) is 0 Å². The molecule has 8 heteroatoms. The Hall–Kier alpha value is -3.13. The molecule has 2 aromatic carbocycles. The molecule has 2 aliphatic heterocycles. The zero-order valence-electron chi connectivity index (χ0n) is 15.9. The van der Waals surface area contributed by atoms with Gasteiger partial charge in [0.2, 0.25) is 5.91 Å². The number of nitrogens with zero attached hydrogens (tertiary/aromatic N) is 2. The summed E-state index contributed by atoms with van der Waals surface area (Å²) in [6.07, 6.45) is 1.87. The van der Waals surface area contributed by atoms with Crippen LogP contribution in [0.1, 0.15) is 30.1 Å². The summed E-state index contributed by atoms with van der Waals surface area (Å²) in [6, 6.07) is 11.0. The summed E-state index contributed by atoms with van der Waals surface area (Å²) in [5.41, 5.74) is 2.96. The van der Waals surface area contributed by atoms with E-state index in [9.17, 15) is 9.59 Å². The van der Waals surface area contributed by atoms with Crippen LogP contribution in [0.25, 0.3) is 10.2 Å². The summed E-state index contributed by atoms with van der Waals surface area (Å²) in [7, 11) is 0. The Bertz CT molecular complexity index is 1130. The quantitative estimate of drug-likeness (QED) is 0.685. The van der Waals surface area contributed by atoms with Gasteiger partial charge in [-0.1, -0.05) is 11.3 Å². The van der Waals surface area contributed by atoms with Crippen LogP contribution < -0.4 is 20.3 Å². The lowest BCUT2D eigenvalue weighted by atomic mass is 10.1. The van der Waals surface area contributed by atoms with Crippen molar-refractivity contribution in [3.8, 4) is 5.75 Å². The third kappa shape index (κ3) is 3.19. The third-order valence-electron chi connectivity index (χ3n) is 5.27. The predicted molar refractivity (Wildman–Crippen MR) is 114 cm³/mol. The largest absolute Gasteiger partial charge is 0.494 e.